The zero-order chi connectivity index (χ0) is 14.8. The van der Waals surface area contributed by atoms with Crippen molar-refractivity contribution >= 4 is 34.1 Å². The van der Waals surface area contributed by atoms with Crippen molar-refractivity contribution in [1.29, 1.82) is 0 Å². The van der Waals surface area contributed by atoms with Crippen molar-refractivity contribution in [3.05, 3.63) is 40.8 Å². The highest BCUT2D eigenvalue weighted by molar-refractivity contribution is 9.10. The van der Waals surface area contributed by atoms with Crippen LogP contribution >= 0.6 is 15.9 Å². The lowest BCUT2D eigenvalue weighted by molar-refractivity contribution is -0.118. The molecule has 0 spiro atoms. The second kappa shape index (κ2) is 5.49. The molecule has 21 heavy (non-hydrogen) atoms. The highest BCUT2D eigenvalue weighted by atomic mass is 79.9. The fourth-order valence-corrected chi connectivity index (χ4v) is 2.00. The predicted octanol–water partition coefficient (Wildman–Crippen LogP) is 1.99. The molecule has 2 aromatic rings. The number of nitrogens with zero attached hydrogens (tertiary/aromatic N) is 3. The van der Waals surface area contributed by atoms with E-state index in [0.29, 0.717) is 5.76 Å². The molecule has 3 rings (SSSR count). The van der Waals surface area contributed by atoms with Crippen LogP contribution < -0.4 is 5.32 Å². The molecule has 8 heteroatoms. The van der Waals surface area contributed by atoms with E-state index in [2.05, 4.69) is 31.3 Å². The van der Waals surface area contributed by atoms with Crippen LogP contribution in [0.4, 0.5) is 4.79 Å². The topological polar surface area (TPSA) is 87.8 Å². The number of carbonyl (C=O) groups excluding carboxylic acids is 2. The van der Waals surface area contributed by atoms with E-state index in [9.17, 15) is 9.59 Å². The van der Waals surface area contributed by atoms with Crippen LogP contribution in [-0.4, -0.2) is 34.7 Å². The Morgan fingerprint density at radius 1 is 1.33 bits per heavy atom. The van der Waals surface area contributed by atoms with Crippen molar-refractivity contribution in [1.82, 2.24) is 15.3 Å². The van der Waals surface area contributed by atoms with E-state index in [-0.39, 0.29) is 18.3 Å². The molecule has 0 aliphatic carbocycles. The van der Waals surface area contributed by atoms with Crippen LogP contribution in [0.5, 0.6) is 0 Å². The maximum absolute atomic E-state index is 11.3. The number of carbonyl (C=O) groups is 2. The summed E-state index contributed by atoms with van der Waals surface area (Å²) in [5.41, 5.74) is 0.874. The number of urea groups is 1. The molecule has 1 N–H and O–H groups in total. The molecule has 1 aliphatic rings. The maximum Gasteiger partial charge on any atom is 0.344 e. The Bertz CT molecular complexity index is 723. The van der Waals surface area contributed by atoms with E-state index in [1.165, 1.54) is 6.21 Å². The van der Waals surface area contributed by atoms with Gasteiger partial charge in [0.2, 0.25) is 11.8 Å². The number of hydrazone groups is 1. The van der Waals surface area contributed by atoms with Crippen LogP contribution in [0.2, 0.25) is 0 Å². The number of benzene rings is 1. The first-order valence-corrected chi connectivity index (χ1v) is 6.78. The minimum absolute atomic E-state index is 0.102. The summed E-state index contributed by atoms with van der Waals surface area (Å²) in [7, 11) is 0. The highest BCUT2D eigenvalue weighted by Gasteiger charge is 2.26. The van der Waals surface area contributed by atoms with Gasteiger partial charge in [0.15, 0.2) is 5.76 Å². The van der Waals surface area contributed by atoms with Gasteiger partial charge >= 0.3 is 6.03 Å². The van der Waals surface area contributed by atoms with Gasteiger partial charge in [-0.2, -0.15) is 5.10 Å². The van der Waals surface area contributed by atoms with Gasteiger partial charge in [-0.15, -0.1) is 0 Å². The average molecular weight is 349 g/mol. The zero-order valence-corrected chi connectivity index (χ0v) is 12.2. The second-order valence-electron chi connectivity index (χ2n) is 4.23. The fraction of sp³-hybridized carbons (Fsp3) is 0.0769. The summed E-state index contributed by atoms with van der Waals surface area (Å²) in [5.74, 6) is 0.450. The van der Waals surface area contributed by atoms with E-state index in [1.807, 2.05) is 24.3 Å². The van der Waals surface area contributed by atoms with Crippen LogP contribution in [-0.2, 0) is 4.79 Å². The lowest BCUT2D eigenvalue weighted by atomic mass is 10.2. The summed E-state index contributed by atoms with van der Waals surface area (Å²) >= 11 is 3.36. The third-order valence-electron chi connectivity index (χ3n) is 2.73. The Morgan fingerprint density at radius 3 is 2.76 bits per heavy atom. The summed E-state index contributed by atoms with van der Waals surface area (Å²) in [6.07, 6.45) is 2.86. The standard InChI is InChI=1S/C13H9BrN4O3/c14-9-3-1-8(2-4-9)10-5-15-12(21-10)6-16-18-7-11(19)17-13(18)20/h1-6H,7H2,(H,17,19,20)/b16-6+. The molecule has 0 unspecified atom stereocenters. The van der Waals surface area contributed by atoms with Crippen molar-refractivity contribution < 1.29 is 14.0 Å². The van der Waals surface area contributed by atoms with Crippen LogP contribution in [0.1, 0.15) is 5.89 Å². The first kappa shape index (κ1) is 13.5. The number of halogens is 1. The molecule has 1 aromatic carbocycles. The normalized spacial score (nSPS) is 15.0. The maximum atomic E-state index is 11.3. The monoisotopic (exact) mass is 348 g/mol. The molecule has 0 bridgehead atoms. The highest BCUT2D eigenvalue weighted by Crippen LogP contribution is 2.22. The molecule has 0 radical (unpaired) electrons. The lowest BCUT2D eigenvalue weighted by Gasteiger charge is -2.02. The lowest BCUT2D eigenvalue weighted by Crippen LogP contribution is -2.24. The van der Waals surface area contributed by atoms with Crippen molar-refractivity contribution in [2.75, 3.05) is 6.54 Å². The molecule has 1 fully saturated rings. The number of hydrogen-bond donors (Lipinski definition) is 1. The first-order chi connectivity index (χ1) is 10.1. The summed E-state index contributed by atoms with van der Waals surface area (Å²) in [5, 5.41) is 6.98. The van der Waals surface area contributed by atoms with Gasteiger partial charge in [-0.3, -0.25) is 10.1 Å². The van der Waals surface area contributed by atoms with Crippen LogP contribution in [0.15, 0.2) is 44.5 Å². The van der Waals surface area contributed by atoms with E-state index >= 15 is 0 Å². The van der Waals surface area contributed by atoms with Crippen LogP contribution in [0.3, 0.4) is 0 Å². The van der Waals surface area contributed by atoms with Gasteiger partial charge in [0, 0.05) is 10.0 Å². The largest absolute Gasteiger partial charge is 0.435 e. The molecule has 1 aliphatic heterocycles. The van der Waals surface area contributed by atoms with Gasteiger partial charge < -0.3 is 4.42 Å². The molecule has 3 amide bonds. The molecule has 0 saturated carbocycles. The van der Waals surface area contributed by atoms with Gasteiger partial charge in [0.05, 0.1) is 6.20 Å². The quantitative estimate of drug-likeness (QED) is 0.678. The van der Waals surface area contributed by atoms with E-state index < -0.39 is 6.03 Å². The Morgan fingerprint density at radius 2 is 2.10 bits per heavy atom. The Hall–Kier alpha value is -2.48. The number of nitrogens with one attached hydrogen (secondary N) is 1. The number of hydrogen-bond acceptors (Lipinski definition) is 5. The molecule has 0 atom stereocenters. The number of rotatable bonds is 3. The van der Waals surface area contributed by atoms with Crippen LogP contribution in [0.25, 0.3) is 11.3 Å². The van der Waals surface area contributed by atoms with Crippen molar-refractivity contribution in [2.45, 2.75) is 0 Å². The predicted molar refractivity (Wildman–Crippen MR) is 77.5 cm³/mol. The van der Waals surface area contributed by atoms with Gasteiger partial charge in [-0.25, -0.2) is 14.8 Å². The number of oxazole rings is 1. The average Bonchev–Trinajstić information content (AvgIpc) is 3.04. The van der Waals surface area contributed by atoms with Crippen molar-refractivity contribution in [3.63, 3.8) is 0 Å². The van der Waals surface area contributed by atoms with Gasteiger partial charge in [0.1, 0.15) is 12.8 Å². The molecule has 1 saturated heterocycles. The number of imide groups is 1. The molecule has 1 aromatic heterocycles. The van der Waals surface area contributed by atoms with Crippen molar-refractivity contribution in [3.8, 4) is 11.3 Å². The van der Waals surface area contributed by atoms with Gasteiger partial charge in [-0.1, -0.05) is 28.1 Å². The van der Waals surface area contributed by atoms with Crippen molar-refractivity contribution in [2.24, 2.45) is 5.10 Å². The molecular formula is C13H9BrN4O3. The van der Waals surface area contributed by atoms with Gasteiger partial charge in [-0.05, 0) is 12.1 Å². The van der Waals surface area contributed by atoms with E-state index in [4.69, 9.17) is 4.42 Å². The Kier molecular flexibility index (Phi) is 3.53. The molecule has 7 nitrogen and oxygen atoms in total. The Labute approximate surface area is 127 Å². The third-order valence-corrected chi connectivity index (χ3v) is 3.26. The number of amides is 3. The Balaban J connectivity index is 1.75. The second-order valence-corrected chi connectivity index (χ2v) is 5.14. The summed E-state index contributed by atoms with van der Waals surface area (Å²) in [4.78, 5) is 26.3. The molecular weight excluding hydrogens is 340 g/mol. The zero-order valence-electron chi connectivity index (χ0n) is 10.6. The van der Waals surface area contributed by atoms with Crippen LogP contribution in [0, 0.1) is 0 Å². The molecule has 2 heterocycles. The summed E-state index contributed by atoms with van der Waals surface area (Å²) in [6, 6.07) is 7.00. The fourth-order valence-electron chi connectivity index (χ4n) is 1.74. The smallest absolute Gasteiger partial charge is 0.344 e. The van der Waals surface area contributed by atoms with E-state index in [0.717, 1.165) is 15.0 Å². The van der Waals surface area contributed by atoms with E-state index in [1.54, 1.807) is 6.20 Å². The minimum atomic E-state index is -0.559. The third kappa shape index (κ3) is 3.00. The molecule has 106 valence electrons. The van der Waals surface area contributed by atoms with Gasteiger partial charge in [0.25, 0.3) is 0 Å². The summed E-state index contributed by atoms with van der Waals surface area (Å²) in [6.45, 7) is -0.102. The first-order valence-electron chi connectivity index (χ1n) is 5.99. The number of aromatic nitrogens is 1. The SMILES string of the molecule is O=C1CN(/N=C/c2ncc(-c3ccc(Br)cc3)o2)C(=O)N1. The summed E-state index contributed by atoms with van der Waals surface area (Å²) < 4.78 is 6.48. The minimum Gasteiger partial charge on any atom is -0.435 e.